The monoisotopic (exact) mass is 316 g/mol. The Bertz CT molecular complexity index is 795. The highest BCUT2D eigenvalue weighted by molar-refractivity contribution is 7.09. The second kappa shape index (κ2) is 5.94. The lowest BCUT2D eigenvalue weighted by Gasteiger charge is -2.02. The summed E-state index contributed by atoms with van der Waals surface area (Å²) in [7, 11) is 0. The third kappa shape index (κ3) is 3.12. The Morgan fingerprint density at radius 2 is 2.23 bits per heavy atom. The van der Waals surface area contributed by atoms with E-state index in [2.05, 4.69) is 15.3 Å². The molecule has 8 heteroatoms. The molecule has 7 nitrogen and oxygen atoms in total. The van der Waals surface area contributed by atoms with Crippen molar-refractivity contribution in [1.82, 2.24) is 9.97 Å². The molecule has 0 aliphatic rings. The lowest BCUT2D eigenvalue weighted by Crippen LogP contribution is -2.00. The van der Waals surface area contributed by atoms with Gasteiger partial charge in [-0.2, -0.15) is 0 Å². The minimum absolute atomic E-state index is 0.0373. The van der Waals surface area contributed by atoms with Gasteiger partial charge >= 0.3 is 0 Å². The molecule has 0 fully saturated rings. The van der Waals surface area contributed by atoms with Gasteiger partial charge in [0.05, 0.1) is 16.5 Å². The van der Waals surface area contributed by atoms with Gasteiger partial charge in [-0.15, -0.1) is 11.3 Å². The number of aryl methyl sites for hydroxylation is 1. The molecule has 3 aromatic heterocycles. The van der Waals surface area contributed by atoms with E-state index in [1.54, 1.807) is 17.4 Å². The van der Waals surface area contributed by atoms with E-state index < -0.39 is 4.92 Å². The molecular weight excluding hydrogens is 304 g/mol. The summed E-state index contributed by atoms with van der Waals surface area (Å²) in [5, 5.41) is 16.5. The summed E-state index contributed by atoms with van der Waals surface area (Å²) in [6, 6.07) is 6.70. The van der Waals surface area contributed by atoms with E-state index in [9.17, 15) is 10.1 Å². The molecular formula is C14H12N4O3S. The van der Waals surface area contributed by atoms with Crippen LogP contribution in [0.25, 0.3) is 11.5 Å². The third-order valence-electron chi connectivity index (χ3n) is 2.94. The Balaban J connectivity index is 1.64. The number of rotatable bonds is 5. The Labute approximate surface area is 129 Å². The van der Waals surface area contributed by atoms with Crippen LogP contribution in [0.15, 0.2) is 40.3 Å². The minimum atomic E-state index is -0.481. The van der Waals surface area contributed by atoms with E-state index in [4.69, 9.17) is 4.42 Å². The van der Waals surface area contributed by atoms with E-state index in [0.717, 1.165) is 22.2 Å². The molecule has 0 aromatic carbocycles. The predicted molar refractivity (Wildman–Crippen MR) is 82.8 cm³/mol. The van der Waals surface area contributed by atoms with Gasteiger partial charge in [-0.05, 0) is 25.1 Å². The summed E-state index contributed by atoms with van der Waals surface area (Å²) < 4.78 is 5.71. The molecule has 0 saturated heterocycles. The van der Waals surface area contributed by atoms with Crippen LogP contribution >= 0.6 is 11.3 Å². The van der Waals surface area contributed by atoms with Crippen molar-refractivity contribution in [2.24, 2.45) is 0 Å². The maximum atomic E-state index is 10.6. The number of anilines is 1. The smallest absolute Gasteiger partial charge is 0.287 e. The molecule has 3 rings (SSSR count). The van der Waals surface area contributed by atoms with Crippen LogP contribution in [0.5, 0.6) is 0 Å². The zero-order valence-electron chi connectivity index (χ0n) is 11.6. The van der Waals surface area contributed by atoms with Gasteiger partial charge in [-0.25, -0.2) is 9.97 Å². The maximum absolute atomic E-state index is 10.6. The SMILES string of the molecule is Cc1nc(-c2ccc(CNc3ccc([N+](=O)[O-])cn3)o2)cs1. The minimum Gasteiger partial charge on any atom is -0.458 e. The summed E-state index contributed by atoms with van der Waals surface area (Å²) in [4.78, 5) is 18.4. The Hall–Kier alpha value is -2.74. The molecule has 1 N–H and O–H groups in total. The molecule has 0 unspecified atom stereocenters. The molecule has 3 aromatic rings. The van der Waals surface area contributed by atoms with E-state index >= 15 is 0 Å². The van der Waals surface area contributed by atoms with Crippen molar-refractivity contribution in [2.45, 2.75) is 13.5 Å². The number of hydrogen-bond acceptors (Lipinski definition) is 7. The van der Waals surface area contributed by atoms with E-state index in [1.165, 1.54) is 12.3 Å². The van der Waals surface area contributed by atoms with Gasteiger partial charge in [0.2, 0.25) is 0 Å². The number of hydrogen-bond donors (Lipinski definition) is 1. The van der Waals surface area contributed by atoms with Crippen LogP contribution in [0, 0.1) is 17.0 Å². The van der Waals surface area contributed by atoms with Crippen LogP contribution in [0.3, 0.4) is 0 Å². The van der Waals surface area contributed by atoms with Crippen LogP contribution in [0.1, 0.15) is 10.8 Å². The standard InChI is InChI=1S/C14H12N4O3S/c1-9-17-12(8-22-9)13-4-3-11(21-13)7-16-14-5-2-10(6-15-14)18(19)20/h2-6,8H,7H2,1H3,(H,15,16). The molecule has 0 aliphatic carbocycles. The summed E-state index contributed by atoms with van der Waals surface area (Å²) in [6.07, 6.45) is 1.22. The molecule has 0 atom stereocenters. The van der Waals surface area contributed by atoms with Crippen molar-refractivity contribution >= 4 is 22.8 Å². The molecule has 0 saturated carbocycles. The largest absolute Gasteiger partial charge is 0.458 e. The summed E-state index contributed by atoms with van der Waals surface area (Å²) >= 11 is 1.57. The van der Waals surface area contributed by atoms with Gasteiger partial charge in [0, 0.05) is 11.4 Å². The van der Waals surface area contributed by atoms with Crippen molar-refractivity contribution in [1.29, 1.82) is 0 Å². The van der Waals surface area contributed by atoms with Crippen LogP contribution < -0.4 is 5.32 Å². The van der Waals surface area contributed by atoms with Crippen LogP contribution in [0.2, 0.25) is 0 Å². The fraction of sp³-hybridized carbons (Fsp3) is 0.143. The number of nitrogens with one attached hydrogen (secondary N) is 1. The number of thiazole rings is 1. The normalized spacial score (nSPS) is 10.6. The predicted octanol–water partition coefficient (Wildman–Crippen LogP) is 3.63. The number of furan rings is 1. The molecule has 22 heavy (non-hydrogen) atoms. The lowest BCUT2D eigenvalue weighted by atomic mass is 10.3. The fourth-order valence-corrected chi connectivity index (χ4v) is 2.47. The first kappa shape index (κ1) is 14.2. The third-order valence-corrected chi connectivity index (χ3v) is 3.71. The summed E-state index contributed by atoms with van der Waals surface area (Å²) in [5.74, 6) is 2.01. The number of aromatic nitrogens is 2. The van der Waals surface area contributed by atoms with Crippen molar-refractivity contribution in [3.05, 3.63) is 56.7 Å². The highest BCUT2D eigenvalue weighted by Gasteiger charge is 2.09. The van der Waals surface area contributed by atoms with E-state index in [-0.39, 0.29) is 5.69 Å². The van der Waals surface area contributed by atoms with Crippen molar-refractivity contribution in [2.75, 3.05) is 5.32 Å². The fourth-order valence-electron chi connectivity index (χ4n) is 1.86. The zero-order chi connectivity index (χ0) is 15.5. The molecule has 0 aliphatic heterocycles. The Morgan fingerprint density at radius 1 is 1.36 bits per heavy atom. The van der Waals surface area contributed by atoms with Gasteiger partial charge in [0.25, 0.3) is 5.69 Å². The highest BCUT2D eigenvalue weighted by atomic mass is 32.1. The van der Waals surface area contributed by atoms with Gasteiger partial charge < -0.3 is 9.73 Å². The first-order valence-corrected chi connectivity index (χ1v) is 7.35. The van der Waals surface area contributed by atoms with Crippen LogP contribution in [0.4, 0.5) is 11.5 Å². The maximum Gasteiger partial charge on any atom is 0.287 e. The van der Waals surface area contributed by atoms with Crippen molar-refractivity contribution in [3.8, 4) is 11.5 Å². The number of pyridine rings is 1. The van der Waals surface area contributed by atoms with Crippen LogP contribution in [-0.4, -0.2) is 14.9 Å². The van der Waals surface area contributed by atoms with Crippen molar-refractivity contribution in [3.63, 3.8) is 0 Å². The molecule has 0 spiro atoms. The van der Waals surface area contributed by atoms with Gasteiger partial charge in [0.1, 0.15) is 23.5 Å². The topological polar surface area (TPSA) is 94.1 Å². The first-order chi connectivity index (χ1) is 10.6. The van der Waals surface area contributed by atoms with Gasteiger partial charge in [-0.3, -0.25) is 10.1 Å². The molecule has 0 radical (unpaired) electrons. The number of nitro groups is 1. The second-order valence-electron chi connectivity index (χ2n) is 4.53. The van der Waals surface area contributed by atoms with Crippen LogP contribution in [-0.2, 0) is 6.54 Å². The quantitative estimate of drug-likeness (QED) is 0.570. The highest BCUT2D eigenvalue weighted by Crippen LogP contribution is 2.24. The molecule has 0 amide bonds. The molecule has 112 valence electrons. The molecule has 0 bridgehead atoms. The van der Waals surface area contributed by atoms with Gasteiger partial charge in [-0.1, -0.05) is 0 Å². The summed E-state index contributed by atoms with van der Waals surface area (Å²) in [5.41, 5.74) is 0.784. The second-order valence-corrected chi connectivity index (χ2v) is 5.59. The van der Waals surface area contributed by atoms with Gasteiger partial charge in [0.15, 0.2) is 5.76 Å². The Morgan fingerprint density at radius 3 is 2.86 bits per heavy atom. The molecule has 3 heterocycles. The summed E-state index contributed by atoms with van der Waals surface area (Å²) in [6.45, 7) is 2.38. The average Bonchev–Trinajstić information content (AvgIpc) is 3.14. The van der Waals surface area contributed by atoms with Crippen molar-refractivity contribution < 1.29 is 9.34 Å². The lowest BCUT2D eigenvalue weighted by molar-refractivity contribution is -0.385. The average molecular weight is 316 g/mol. The zero-order valence-corrected chi connectivity index (χ0v) is 12.5. The van der Waals surface area contributed by atoms with E-state index in [0.29, 0.717) is 12.4 Å². The first-order valence-electron chi connectivity index (χ1n) is 6.47. The number of nitrogens with zero attached hydrogens (tertiary/aromatic N) is 3. The Kier molecular flexibility index (Phi) is 3.84. The van der Waals surface area contributed by atoms with E-state index in [1.807, 2.05) is 24.4 Å².